The number of nitrogens with zero attached hydrogens (tertiary/aromatic N) is 1. The summed E-state index contributed by atoms with van der Waals surface area (Å²) < 4.78 is 12.9. The van der Waals surface area contributed by atoms with Crippen molar-refractivity contribution in [2.75, 3.05) is 19.5 Å². The van der Waals surface area contributed by atoms with Crippen molar-refractivity contribution >= 4 is 45.8 Å². The minimum atomic E-state index is -0.632. The summed E-state index contributed by atoms with van der Waals surface area (Å²) in [4.78, 5) is 25.9. The number of rotatable bonds is 7. The van der Waals surface area contributed by atoms with Crippen molar-refractivity contribution in [3.63, 3.8) is 0 Å². The van der Waals surface area contributed by atoms with Gasteiger partial charge in [-0.1, -0.05) is 26.0 Å². The van der Waals surface area contributed by atoms with Crippen LogP contribution in [0.25, 0.3) is 21.8 Å². The van der Waals surface area contributed by atoms with Gasteiger partial charge in [0.05, 0.1) is 31.3 Å². The van der Waals surface area contributed by atoms with Gasteiger partial charge in [0, 0.05) is 29.1 Å². The lowest BCUT2D eigenvalue weighted by Gasteiger charge is -2.18. The molecule has 0 saturated heterocycles. The Kier molecular flexibility index (Phi) is 8.04. The second-order valence-corrected chi connectivity index (χ2v) is 8.64. The van der Waals surface area contributed by atoms with E-state index in [4.69, 9.17) is 15.2 Å². The molecule has 0 aliphatic rings. The van der Waals surface area contributed by atoms with Gasteiger partial charge < -0.3 is 25.1 Å². The largest absolute Gasteiger partial charge is 0.497 e. The second-order valence-electron chi connectivity index (χ2n) is 8.64. The molecule has 0 bridgehead atoms. The van der Waals surface area contributed by atoms with Crippen molar-refractivity contribution in [1.29, 1.82) is 0 Å². The number of halogens is 1. The van der Waals surface area contributed by atoms with Crippen LogP contribution in [0.15, 0.2) is 65.5 Å². The quantitative estimate of drug-likeness (QED) is 0.366. The number of hydrogen-bond acceptors (Lipinski definition) is 5. The van der Waals surface area contributed by atoms with Crippen LogP contribution in [0.2, 0.25) is 0 Å². The van der Waals surface area contributed by atoms with Crippen LogP contribution < -0.4 is 26.0 Å². The fourth-order valence-corrected chi connectivity index (χ4v) is 4.05. The van der Waals surface area contributed by atoms with Crippen molar-refractivity contribution in [3.8, 4) is 11.5 Å². The predicted molar refractivity (Wildman–Crippen MR) is 143 cm³/mol. The lowest BCUT2D eigenvalue weighted by Crippen LogP contribution is -2.39. The molecule has 1 aromatic heterocycles. The molecule has 1 unspecified atom stereocenters. The number of carbonyl (C=O) groups is 1. The summed E-state index contributed by atoms with van der Waals surface area (Å²) in [7, 11) is 3.23. The topological polar surface area (TPSA) is 95.6 Å². The molecule has 1 atom stereocenters. The Morgan fingerprint density at radius 3 is 2.20 bits per heavy atom. The smallest absolute Gasteiger partial charge is 0.241 e. The predicted octanol–water partition coefficient (Wildman–Crippen LogP) is 4.56. The van der Waals surface area contributed by atoms with E-state index in [9.17, 15) is 9.59 Å². The molecule has 0 radical (unpaired) electrons. The highest BCUT2D eigenvalue weighted by molar-refractivity contribution is 5.99. The lowest BCUT2D eigenvalue weighted by atomic mass is 10.0. The number of benzene rings is 3. The number of amides is 1. The summed E-state index contributed by atoms with van der Waals surface area (Å²) in [5.41, 5.74) is 8.98. The number of para-hydroxylation sites is 1. The molecule has 1 amide bonds. The van der Waals surface area contributed by atoms with E-state index in [-0.39, 0.29) is 29.7 Å². The Morgan fingerprint density at radius 1 is 0.943 bits per heavy atom. The molecule has 0 fully saturated rings. The van der Waals surface area contributed by atoms with Gasteiger partial charge in [0.25, 0.3) is 0 Å². The SMILES string of the molecule is COc1cc(Cn2c3ccccc3c(=O)c3cc(NC(=O)C(N)C(C)C)ccc32)cc(OC)c1.Cl. The molecule has 184 valence electrons. The summed E-state index contributed by atoms with van der Waals surface area (Å²) >= 11 is 0. The minimum Gasteiger partial charge on any atom is -0.497 e. The van der Waals surface area contributed by atoms with Crippen molar-refractivity contribution in [1.82, 2.24) is 4.57 Å². The van der Waals surface area contributed by atoms with E-state index in [1.54, 1.807) is 26.4 Å². The Hall–Kier alpha value is -3.55. The standard InChI is InChI=1S/C27H29N3O4.ClH/c1-16(2)25(28)27(32)29-18-9-10-24-22(13-18)26(31)21-7-5-6-8-23(21)30(24)15-17-11-19(33-3)14-20(12-17)34-4;/h5-14,16,25H,15,28H2,1-4H3,(H,29,32);1H. The molecule has 8 heteroatoms. The maximum Gasteiger partial charge on any atom is 0.241 e. The molecule has 4 aromatic rings. The zero-order valence-electron chi connectivity index (χ0n) is 20.2. The average molecular weight is 496 g/mol. The first kappa shape index (κ1) is 26.1. The molecular weight excluding hydrogens is 466 g/mol. The van der Waals surface area contributed by atoms with Gasteiger partial charge >= 0.3 is 0 Å². The van der Waals surface area contributed by atoms with Gasteiger partial charge in [0.15, 0.2) is 5.43 Å². The maximum atomic E-state index is 13.4. The molecule has 0 aliphatic heterocycles. The van der Waals surface area contributed by atoms with Crippen LogP contribution >= 0.6 is 12.4 Å². The second kappa shape index (κ2) is 10.8. The van der Waals surface area contributed by atoms with E-state index in [1.165, 1.54) is 0 Å². The van der Waals surface area contributed by atoms with Gasteiger partial charge in [-0.15, -0.1) is 12.4 Å². The number of nitrogens with one attached hydrogen (secondary N) is 1. The molecule has 4 rings (SSSR count). The lowest BCUT2D eigenvalue weighted by molar-refractivity contribution is -0.118. The molecule has 0 spiro atoms. The summed E-state index contributed by atoms with van der Waals surface area (Å²) in [5, 5.41) is 3.97. The van der Waals surface area contributed by atoms with Crippen LogP contribution in [-0.4, -0.2) is 30.7 Å². The number of ether oxygens (including phenoxy) is 2. The maximum absolute atomic E-state index is 13.4. The van der Waals surface area contributed by atoms with E-state index in [0.29, 0.717) is 34.5 Å². The van der Waals surface area contributed by atoms with Crippen LogP contribution in [0.4, 0.5) is 5.69 Å². The number of methoxy groups -OCH3 is 2. The molecule has 0 saturated carbocycles. The zero-order valence-corrected chi connectivity index (χ0v) is 21.0. The van der Waals surface area contributed by atoms with E-state index >= 15 is 0 Å². The molecule has 0 aliphatic carbocycles. The first-order valence-electron chi connectivity index (χ1n) is 11.2. The number of aromatic nitrogens is 1. The number of nitrogens with two attached hydrogens (primary N) is 1. The summed E-state index contributed by atoms with van der Waals surface area (Å²) in [6, 6.07) is 18.0. The summed E-state index contributed by atoms with van der Waals surface area (Å²) in [6.45, 7) is 4.28. The molecule has 1 heterocycles. The number of carbonyl (C=O) groups excluding carboxylic acids is 1. The molecule has 3 aromatic carbocycles. The number of hydrogen-bond donors (Lipinski definition) is 2. The monoisotopic (exact) mass is 495 g/mol. The number of pyridine rings is 1. The first-order chi connectivity index (χ1) is 16.3. The van der Waals surface area contributed by atoms with Crippen molar-refractivity contribution in [2.24, 2.45) is 11.7 Å². The number of fused-ring (bicyclic) bond motifs is 2. The minimum absolute atomic E-state index is 0. The van der Waals surface area contributed by atoms with Crippen LogP contribution in [0.1, 0.15) is 19.4 Å². The summed E-state index contributed by atoms with van der Waals surface area (Å²) in [5.74, 6) is 1.10. The van der Waals surface area contributed by atoms with Crippen molar-refractivity contribution in [3.05, 3.63) is 76.5 Å². The van der Waals surface area contributed by atoms with Gasteiger partial charge in [0.1, 0.15) is 11.5 Å². The Balaban J connectivity index is 0.00000342. The third-order valence-electron chi connectivity index (χ3n) is 6.01. The van der Waals surface area contributed by atoms with E-state index in [0.717, 1.165) is 16.6 Å². The van der Waals surface area contributed by atoms with Gasteiger partial charge in [0.2, 0.25) is 5.91 Å². The fourth-order valence-electron chi connectivity index (χ4n) is 4.05. The van der Waals surface area contributed by atoms with Gasteiger partial charge in [-0.25, -0.2) is 0 Å². The van der Waals surface area contributed by atoms with Crippen LogP contribution in [-0.2, 0) is 11.3 Å². The molecule has 35 heavy (non-hydrogen) atoms. The zero-order chi connectivity index (χ0) is 24.4. The van der Waals surface area contributed by atoms with Crippen LogP contribution in [0.5, 0.6) is 11.5 Å². The highest BCUT2D eigenvalue weighted by Gasteiger charge is 2.18. The van der Waals surface area contributed by atoms with Gasteiger partial charge in [-0.3, -0.25) is 9.59 Å². The van der Waals surface area contributed by atoms with Gasteiger partial charge in [-0.05, 0) is 53.9 Å². The number of anilines is 1. The van der Waals surface area contributed by atoms with Crippen LogP contribution in [0.3, 0.4) is 0 Å². The third-order valence-corrected chi connectivity index (χ3v) is 6.01. The van der Waals surface area contributed by atoms with Crippen LogP contribution in [0, 0.1) is 5.92 Å². The fraction of sp³-hybridized carbons (Fsp3) is 0.259. The van der Waals surface area contributed by atoms with Gasteiger partial charge in [-0.2, -0.15) is 0 Å². The molecule has 3 N–H and O–H groups in total. The Bertz CT molecular complexity index is 1410. The summed E-state index contributed by atoms with van der Waals surface area (Å²) in [6.07, 6.45) is 0. The molecule has 7 nitrogen and oxygen atoms in total. The van der Waals surface area contributed by atoms with E-state index < -0.39 is 6.04 Å². The van der Waals surface area contributed by atoms with E-state index in [1.807, 2.05) is 62.4 Å². The Labute approximate surface area is 210 Å². The van der Waals surface area contributed by atoms with Crippen molar-refractivity contribution < 1.29 is 14.3 Å². The third kappa shape index (κ3) is 5.26. The van der Waals surface area contributed by atoms with Crippen molar-refractivity contribution in [2.45, 2.75) is 26.4 Å². The normalized spacial score (nSPS) is 11.8. The Morgan fingerprint density at radius 2 is 1.57 bits per heavy atom. The van der Waals surface area contributed by atoms with E-state index in [2.05, 4.69) is 9.88 Å². The highest BCUT2D eigenvalue weighted by atomic mass is 35.5. The highest BCUT2D eigenvalue weighted by Crippen LogP contribution is 2.27. The average Bonchev–Trinajstić information content (AvgIpc) is 2.85. The first-order valence-corrected chi connectivity index (χ1v) is 11.2. The molecular formula is C27H30ClN3O4.